The largest absolute Gasteiger partial charge is 0.454 e. The van der Waals surface area contributed by atoms with Gasteiger partial charge in [-0.3, -0.25) is 4.79 Å². The van der Waals surface area contributed by atoms with E-state index in [4.69, 9.17) is 9.47 Å². The Balaban J connectivity index is 1.43. The van der Waals surface area contributed by atoms with Gasteiger partial charge in [0.2, 0.25) is 18.6 Å². The smallest absolute Gasteiger partial charge is 0.247 e. The van der Waals surface area contributed by atoms with E-state index in [0.717, 1.165) is 21.4 Å². The van der Waals surface area contributed by atoms with E-state index in [-0.39, 0.29) is 12.7 Å². The van der Waals surface area contributed by atoms with E-state index in [9.17, 15) is 4.79 Å². The highest BCUT2D eigenvalue weighted by atomic mass is 32.2. The van der Waals surface area contributed by atoms with Crippen molar-refractivity contribution in [2.24, 2.45) is 0 Å². The fourth-order valence-corrected chi connectivity index (χ4v) is 3.26. The Hall–Kier alpha value is -3.52. The maximum Gasteiger partial charge on any atom is 0.247 e. The molecule has 3 aromatic rings. The predicted octanol–water partition coefficient (Wildman–Crippen LogP) is 4.22. The van der Waals surface area contributed by atoms with Crippen LogP contribution in [-0.4, -0.2) is 22.7 Å². The molecule has 0 aliphatic carbocycles. The molecule has 1 aromatic heterocycles. The number of rotatable bonds is 6. The van der Waals surface area contributed by atoms with Gasteiger partial charge in [-0.25, -0.2) is 9.97 Å². The Morgan fingerprint density at radius 2 is 1.86 bits per heavy atom. The molecule has 0 saturated carbocycles. The number of aromatic nitrogens is 2. The van der Waals surface area contributed by atoms with Crippen molar-refractivity contribution in [1.82, 2.24) is 9.97 Å². The quantitative estimate of drug-likeness (QED) is 0.480. The monoisotopic (exact) mass is 392 g/mol. The molecule has 0 spiro atoms. The number of nitrogens with zero attached hydrogens (tertiary/aromatic N) is 2. The van der Waals surface area contributed by atoms with Gasteiger partial charge in [-0.1, -0.05) is 18.3 Å². The second kappa shape index (κ2) is 8.01. The molecule has 4 rings (SSSR count). The van der Waals surface area contributed by atoms with E-state index in [1.807, 2.05) is 48.5 Å². The number of carbonyl (C=O) groups excluding carboxylic acids is 1. The molecule has 7 nitrogen and oxygen atoms in total. The number of carbonyl (C=O) groups is 1. The van der Waals surface area contributed by atoms with E-state index in [1.54, 1.807) is 6.20 Å². The number of ether oxygens (including phenoxy) is 2. The molecule has 1 amide bonds. The first-order valence-corrected chi connectivity index (χ1v) is 9.22. The van der Waals surface area contributed by atoms with Gasteiger partial charge in [0.05, 0.1) is 0 Å². The first-order chi connectivity index (χ1) is 13.7. The minimum atomic E-state index is -0.240. The lowest BCUT2D eigenvalue weighted by Gasteiger charge is -2.08. The summed E-state index contributed by atoms with van der Waals surface area (Å²) in [6, 6.07) is 14.9. The molecular weight excluding hydrogens is 376 g/mol. The summed E-state index contributed by atoms with van der Waals surface area (Å²) < 4.78 is 10.7. The number of benzene rings is 2. The molecule has 2 heterocycles. The minimum absolute atomic E-state index is 0.234. The van der Waals surface area contributed by atoms with Crippen molar-refractivity contribution in [3.63, 3.8) is 0 Å². The van der Waals surface area contributed by atoms with E-state index in [2.05, 4.69) is 27.2 Å². The summed E-state index contributed by atoms with van der Waals surface area (Å²) in [6.07, 6.45) is 2.93. The molecule has 8 heteroatoms. The van der Waals surface area contributed by atoms with Crippen molar-refractivity contribution in [3.8, 4) is 11.5 Å². The van der Waals surface area contributed by atoms with Gasteiger partial charge < -0.3 is 20.1 Å². The fraction of sp³-hybridized carbons (Fsp3) is 0.0500. The van der Waals surface area contributed by atoms with Crippen LogP contribution in [0.5, 0.6) is 11.5 Å². The van der Waals surface area contributed by atoms with Crippen LogP contribution in [0.1, 0.15) is 0 Å². The Morgan fingerprint density at radius 1 is 1.07 bits per heavy atom. The highest BCUT2D eigenvalue weighted by Gasteiger charge is 2.13. The first-order valence-electron chi connectivity index (χ1n) is 8.41. The molecule has 0 saturated heterocycles. The summed E-state index contributed by atoms with van der Waals surface area (Å²) in [6.45, 7) is 3.67. The van der Waals surface area contributed by atoms with Crippen molar-refractivity contribution in [2.45, 2.75) is 9.92 Å². The van der Waals surface area contributed by atoms with Crippen molar-refractivity contribution in [1.29, 1.82) is 0 Å². The molecular formula is C20H16N4O3S. The number of amides is 1. The van der Waals surface area contributed by atoms with Crippen LogP contribution in [0.4, 0.5) is 17.3 Å². The van der Waals surface area contributed by atoms with Gasteiger partial charge in [0.15, 0.2) is 11.5 Å². The van der Waals surface area contributed by atoms with Crippen LogP contribution in [0.15, 0.2) is 77.3 Å². The van der Waals surface area contributed by atoms with Crippen molar-refractivity contribution >= 4 is 35.0 Å². The lowest BCUT2D eigenvalue weighted by molar-refractivity contribution is -0.111. The number of nitrogens with one attached hydrogen (secondary N) is 2. The zero-order valence-corrected chi connectivity index (χ0v) is 15.5. The van der Waals surface area contributed by atoms with Gasteiger partial charge in [-0.05, 0) is 48.5 Å². The van der Waals surface area contributed by atoms with Crippen LogP contribution in [0.25, 0.3) is 0 Å². The lowest BCUT2D eigenvalue weighted by Crippen LogP contribution is -2.06. The summed E-state index contributed by atoms with van der Waals surface area (Å²) in [4.78, 5) is 21.1. The average Bonchev–Trinajstić information content (AvgIpc) is 3.17. The van der Waals surface area contributed by atoms with Crippen molar-refractivity contribution in [3.05, 3.63) is 67.4 Å². The number of hydrogen-bond acceptors (Lipinski definition) is 7. The van der Waals surface area contributed by atoms with Gasteiger partial charge in [0, 0.05) is 28.5 Å². The number of anilines is 3. The summed E-state index contributed by atoms with van der Waals surface area (Å²) in [7, 11) is 0. The third kappa shape index (κ3) is 4.24. The normalized spacial score (nSPS) is 11.7. The van der Waals surface area contributed by atoms with E-state index >= 15 is 0 Å². The molecule has 0 bridgehead atoms. The van der Waals surface area contributed by atoms with Crippen LogP contribution in [0, 0.1) is 0 Å². The third-order valence-corrected chi connectivity index (χ3v) is 4.73. The predicted molar refractivity (Wildman–Crippen MR) is 107 cm³/mol. The minimum Gasteiger partial charge on any atom is -0.454 e. The highest BCUT2D eigenvalue weighted by molar-refractivity contribution is 7.99. The summed E-state index contributed by atoms with van der Waals surface area (Å²) in [5.41, 5.74) is 1.52. The molecule has 140 valence electrons. The van der Waals surface area contributed by atoms with Gasteiger partial charge in [-0.2, -0.15) is 0 Å². The molecule has 0 unspecified atom stereocenters. The zero-order chi connectivity index (χ0) is 19.3. The Kier molecular flexibility index (Phi) is 5.11. The third-order valence-electron chi connectivity index (χ3n) is 3.79. The maximum atomic E-state index is 11.3. The number of hydrogen-bond donors (Lipinski definition) is 2. The van der Waals surface area contributed by atoms with Gasteiger partial charge in [-0.15, -0.1) is 0 Å². The second-order valence-corrected chi connectivity index (χ2v) is 6.83. The molecule has 2 aromatic carbocycles. The average molecular weight is 392 g/mol. The second-order valence-electron chi connectivity index (χ2n) is 5.73. The zero-order valence-electron chi connectivity index (χ0n) is 14.7. The summed E-state index contributed by atoms with van der Waals surface area (Å²) in [5.74, 6) is 1.66. The molecule has 0 fully saturated rings. The number of fused-ring (bicyclic) bond motifs is 1. The van der Waals surface area contributed by atoms with E-state index in [0.29, 0.717) is 17.4 Å². The SMILES string of the molecule is C=CC(=O)Nc1ccc(Sc2ccnc(Nc3ccc4c(c3)OCO4)n2)cc1. The van der Waals surface area contributed by atoms with Gasteiger partial charge >= 0.3 is 0 Å². The Labute approximate surface area is 165 Å². The molecule has 0 radical (unpaired) electrons. The lowest BCUT2D eigenvalue weighted by atomic mass is 10.3. The Bertz CT molecular complexity index is 1020. The molecule has 28 heavy (non-hydrogen) atoms. The maximum absolute atomic E-state index is 11.3. The molecule has 1 aliphatic rings. The van der Waals surface area contributed by atoms with E-state index < -0.39 is 0 Å². The molecule has 2 N–H and O–H groups in total. The topological polar surface area (TPSA) is 85.4 Å². The molecule has 1 aliphatic heterocycles. The van der Waals surface area contributed by atoms with Gasteiger partial charge in [0.25, 0.3) is 0 Å². The van der Waals surface area contributed by atoms with Crippen LogP contribution < -0.4 is 20.1 Å². The van der Waals surface area contributed by atoms with Gasteiger partial charge in [0.1, 0.15) is 5.03 Å². The summed E-state index contributed by atoms with van der Waals surface area (Å²) >= 11 is 1.50. The fourth-order valence-electron chi connectivity index (χ4n) is 2.48. The first kappa shape index (κ1) is 17.9. The molecule has 0 atom stereocenters. The van der Waals surface area contributed by atoms with Crippen LogP contribution >= 0.6 is 11.8 Å². The Morgan fingerprint density at radius 3 is 2.68 bits per heavy atom. The van der Waals surface area contributed by atoms with Crippen molar-refractivity contribution < 1.29 is 14.3 Å². The summed E-state index contributed by atoms with van der Waals surface area (Å²) in [5, 5.41) is 6.68. The van der Waals surface area contributed by atoms with Crippen LogP contribution in [-0.2, 0) is 4.79 Å². The van der Waals surface area contributed by atoms with Crippen LogP contribution in [0.2, 0.25) is 0 Å². The highest BCUT2D eigenvalue weighted by Crippen LogP contribution is 2.35. The van der Waals surface area contributed by atoms with E-state index in [1.165, 1.54) is 17.8 Å². The van der Waals surface area contributed by atoms with Crippen molar-refractivity contribution in [2.75, 3.05) is 17.4 Å². The van der Waals surface area contributed by atoms with Crippen LogP contribution in [0.3, 0.4) is 0 Å². The standard InChI is InChI=1S/C20H16N4O3S/c1-2-18(25)22-13-3-6-15(7-4-13)28-19-9-10-21-20(24-19)23-14-5-8-16-17(11-14)27-12-26-16/h2-11H,1,12H2,(H,22,25)(H,21,23,24).